The van der Waals surface area contributed by atoms with Crippen molar-refractivity contribution in [1.29, 1.82) is 5.26 Å². The number of hydrogen-bond donors (Lipinski definition) is 2. The second-order valence-electron chi connectivity index (χ2n) is 5.22. The van der Waals surface area contributed by atoms with E-state index in [9.17, 15) is 9.59 Å². The summed E-state index contributed by atoms with van der Waals surface area (Å²) in [4.78, 5) is 24.5. The Labute approximate surface area is 145 Å². The van der Waals surface area contributed by atoms with Gasteiger partial charge in [0.15, 0.2) is 0 Å². The lowest BCUT2D eigenvalue weighted by molar-refractivity contribution is -0.120. The molecule has 0 unspecified atom stereocenters. The van der Waals surface area contributed by atoms with Gasteiger partial charge in [-0.3, -0.25) is 4.79 Å². The van der Waals surface area contributed by atoms with Crippen molar-refractivity contribution in [3.63, 3.8) is 0 Å². The van der Waals surface area contributed by atoms with E-state index in [1.54, 1.807) is 48.5 Å². The fourth-order valence-electron chi connectivity index (χ4n) is 1.93. The summed E-state index contributed by atoms with van der Waals surface area (Å²) >= 11 is 0. The normalized spacial score (nSPS) is 9.64. The number of carbonyl (C=O) groups excluding carboxylic acids is 2. The summed E-state index contributed by atoms with van der Waals surface area (Å²) < 4.78 is 5.67. The highest BCUT2D eigenvalue weighted by Gasteiger charge is 2.12. The smallest absolute Gasteiger partial charge is 0.322 e. The van der Waals surface area contributed by atoms with Crippen LogP contribution >= 0.6 is 0 Å². The molecular weight excluding hydrogens is 320 g/mol. The average molecular weight is 338 g/mol. The molecule has 7 heteroatoms. The van der Waals surface area contributed by atoms with E-state index in [1.165, 1.54) is 19.0 Å². The van der Waals surface area contributed by atoms with Gasteiger partial charge in [0.1, 0.15) is 18.0 Å². The molecule has 0 heterocycles. The topological polar surface area (TPSA) is 94.5 Å². The summed E-state index contributed by atoms with van der Waals surface area (Å²) in [6.07, 6.45) is 0. The zero-order valence-electron chi connectivity index (χ0n) is 13.9. The first-order chi connectivity index (χ1) is 12.0. The van der Waals surface area contributed by atoms with Crippen LogP contribution in [0.1, 0.15) is 5.56 Å². The van der Waals surface area contributed by atoms with Gasteiger partial charge in [0.25, 0.3) is 0 Å². The van der Waals surface area contributed by atoms with Crippen LogP contribution in [0.2, 0.25) is 0 Å². The first kappa shape index (κ1) is 17.8. The van der Waals surface area contributed by atoms with Crippen molar-refractivity contribution >= 4 is 17.6 Å². The third kappa shape index (κ3) is 5.25. The van der Waals surface area contributed by atoms with Crippen molar-refractivity contribution < 1.29 is 14.3 Å². The van der Waals surface area contributed by atoms with E-state index < -0.39 is 0 Å². The molecule has 2 N–H and O–H groups in total. The maximum atomic E-state index is 12.0. The van der Waals surface area contributed by atoms with E-state index in [-0.39, 0.29) is 18.5 Å². The minimum atomic E-state index is -0.385. The van der Waals surface area contributed by atoms with Gasteiger partial charge in [-0.1, -0.05) is 0 Å². The van der Waals surface area contributed by atoms with Crippen molar-refractivity contribution in [2.75, 3.05) is 26.0 Å². The summed E-state index contributed by atoms with van der Waals surface area (Å²) in [7, 11) is 3.05. The molecule has 0 fully saturated rings. The van der Waals surface area contributed by atoms with Crippen LogP contribution in [-0.2, 0) is 4.79 Å². The fourth-order valence-corrected chi connectivity index (χ4v) is 1.93. The van der Waals surface area contributed by atoms with Crippen molar-refractivity contribution in [2.45, 2.75) is 0 Å². The number of likely N-dealkylation sites (N-methyl/N-ethyl adjacent to an activating group) is 2. The molecule has 2 rings (SSSR count). The lowest BCUT2D eigenvalue weighted by atomic mass is 10.2. The molecule has 3 amide bonds. The van der Waals surface area contributed by atoms with Gasteiger partial charge in [0.2, 0.25) is 5.91 Å². The van der Waals surface area contributed by atoms with Crippen molar-refractivity contribution in [3.8, 4) is 17.6 Å². The Morgan fingerprint density at radius 2 is 1.64 bits per heavy atom. The number of carbonyl (C=O) groups is 2. The predicted molar refractivity (Wildman–Crippen MR) is 93.4 cm³/mol. The molecule has 0 atom stereocenters. The number of nitrogens with one attached hydrogen (secondary N) is 2. The number of nitrogens with zero attached hydrogens (tertiary/aromatic N) is 2. The molecule has 0 aromatic heterocycles. The fraction of sp³-hybridized carbons (Fsp3) is 0.167. The minimum Gasteiger partial charge on any atom is -0.457 e. The van der Waals surface area contributed by atoms with E-state index in [4.69, 9.17) is 10.00 Å². The number of rotatable bonds is 5. The molecule has 128 valence electrons. The van der Waals surface area contributed by atoms with Crippen LogP contribution in [-0.4, -0.2) is 37.5 Å². The Kier molecular flexibility index (Phi) is 5.96. The number of hydrogen-bond acceptors (Lipinski definition) is 4. The molecule has 0 saturated carbocycles. The van der Waals surface area contributed by atoms with Crippen LogP contribution in [0.3, 0.4) is 0 Å². The van der Waals surface area contributed by atoms with E-state index in [0.29, 0.717) is 22.7 Å². The molecule has 0 saturated heterocycles. The number of nitriles is 1. The highest BCUT2D eigenvalue weighted by molar-refractivity contribution is 5.92. The molecule has 0 radical (unpaired) electrons. The molecule has 0 aliphatic heterocycles. The maximum absolute atomic E-state index is 12.0. The number of amides is 3. The highest BCUT2D eigenvalue weighted by Crippen LogP contribution is 2.23. The Morgan fingerprint density at radius 1 is 1.08 bits per heavy atom. The van der Waals surface area contributed by atoms with E-state index in [0.717, 1.165) is 0 Å². The van der Waals surface area contributed by atoms with E-state index >= 15 is 0 Å². The lowest BCUT2D eigenvalue weighted by Crippen LogP contribution is -2.39. The van der Waals surface area contributed by atoms with Gasteiger partial charge in [-0.05, 0) is 48.5 Å². The first-order valence-electron chi connectivity index (χ1n) is 7.52. The summed E-state index contributed by atoms with van der Waals surface area (Å²) in [6.45, 7) is -0.0256. The van der Waals surface area contributed by atoms with Gasteiger partial charge in [0.05, 0.1) is 11.6 Å². The monoisotopic (exact) mass is 338 g/mol. The SMILES string of the molecule is CNC(=O)CN(C)C(=O)Nc1ccc(Oc2ccc(C#N)cc2)cc1. The molecular formula is C18H18N4O3. The number of benzene rings is 2. The summed E-state index contributed by atoms with van der Waals surface area (Å²) in [6, 6.07) is 15.3. The van der Waals surface area contributed by atoms with Crippen LogP contribution in [0.25, 0.3) is 0 Å². The Bertz CT molecular complexity index is 779. The van der Waals surface area contributed by atoms with Gasteiger partial charge in [-0.2, -0.15) is 5.26 Å². The van der Waals surface area contributed by atoms with Crippen LogP contribution in [0.5, 0.6) is 11.5 Å². The molecule has 0 bridgehead atoms. The van der Waals surface area contributed by atoms with Gasteiger partial charge in [0, 0.05) is 19.8 Å². The van der Waals surface area contributed by atoms with Crippen molar-refractivity contribution in [3.05, 3.63) is 54.1 Å². The molecule has 0 aliphatic rings. The highest BCUT2D eigenvalue weighted by atomic mass is 16.5. The third-order valence-corrected chi connectivity index (χ3v) is 3.33. The van der Waals surface area contributed by atoms with Crippen LogP contribution in [0.4, 0.5) is 10.5 Å². The lowest BCUT2D eigenvalue weighted by Gasteiger charge is -2.17. The molecule has 2 aromatic rings. The summed E-state index contributed by atoms with van der Waals surface area (Å²) in [5.41, 5.74) is 1.15. The first-order valence-corrected chi connectivity index (χ1v) is 7.52. The van der Waals surface area contributed by atoms with Gasteiger partial charge in [-0.25, -0.2) is 4.79 Å². The zero-order valence-corrected chi connectivity index (χ0v) is 13.9. The summed E-state index contributed by atoms with van der Waals surface area (Å²) in [5.74, 6) is 0.964. The van der Waals surface area contributed by atoms with E-state index in [1.807, 2.05) is 6.07 Å². The summed E-state index contributed by atoms with van der Waals surface area (Å²) in [5, 5.41) is 13.9. The number of anilines is 1. The molecule has 0 spiro atoms. The second-order valence-corrected chi connectivity index (χ2v) is 5.22. The van der Waals surface area contributed by atoms with Gasteiger partial charge < -0.3 is 20.3 Å². The van der Waals surface area contributed by atoms with Crippen LogP contribution in [0, 0.1) is 11.3 Å². The molecule has 2 aromatic carbocycles. The Hall–Kier alpha value is -3.53. The molecule has 7 nitrogen and oxygen atoms in total. The largest absolute Gasteiger partial charge is 0.457 e. The molecule has 25 heavy (non-hydrogen) atoms. The predicted octanol–water partition coefficient (Wildman–Crippen LogP) is 2.56. The minimum absolute atomic E-state index is 0.0256. The molecule has 0 aliphatic carbocycles. The average Bonchev–Trinajstić information content (AvgIpc) is 2.63. The number of ether oxygens (including phenoxy) is 1. The van der Waals surface area contributed by atoms with Crippen LogP contribution in [0.15, 0.2) is 48.5 Å². The standard InChI is InChI=1S/C18H18N4O3/c1-20-17(23)12-22(2)18(24)21-14-5-9-16(10-6-14)25-15-7-3-13(11-19)4-8-15/h3-10H,12H2,1-2H3,(H,20,23)(H,21,24). The van der Waals surface area contributed by atoms with Crippen LogP contribution < -0.4 is 15.4 Å². The zero-order chi connectivity index (χ0) is 18.2. The Balaban J connectivity index is 1.93. The van der Waals surface area contributed by atoms with Gasteiger partial charge in [-0.15, -0.1) is 0 Å². The van der Waals surface area contributed by atoms with Crippen molar-refractivity contribution in [1.82, 2.24) is 10.2 Å². The quantitative estimate of drug-likeness (QED) is 0.876. The van der Waals surface area contributed by atoms with E-state index in [2.05, 4.69) is 10.6 Å². The number of urea groups is 1. The Morgan fingerprint density at radius 3 is 2.16 bits per heavy atom. The second kappa shape index (κ2) is 8.36. The van der Waals surface area contributed by atoms with Gasteiger partial charge >= 0.3 is 6.03 Å². The maximum Gasteiger partial charge on any atom is 0.322 e. The van der Waals surface area contributed by atoms with Crippen molar-refractivity contribution in [2.24, 2.45) is 0 Å². The third-order valence-electron chi connectivity index (χ3n) is 3.33.